The zero-order chi connectivity index (χ0) is 19.1. The number of rotatable bonds is 7. The van der Waals surface area contributed by atoms with Crippen molar-refractivity contribution in [1.82, 2.24) is 9.80 Å². The van der Waals surface area contributed by atoms with Gasteiger partial charge in [-0.05, 0) is 23.6 Å². The highest BCUT2D eigenvalue weighted by atomic mass is 32.2. The van der Waals surface area contributed by atoms with Crippen LogP contribution in [0.25, 0.3) is 0 Å². The number of carbonyl (C=O) groups is 1. The van der Waals surface area contributed by atoms with Crippen LogP contribution in [-0.2, 0) is 11.3 Å². The van der Waals surface area contributed by atoms with Crippen molar-refractivity contribution >= 4 is 17.7 Å². The van der Waals surface area contributed by atoms with E-state index in [-0.39, 0.29) is 6.04 Å². The molecular weight excluding hydrogens is 352 g/mol. The molecule has 1 saturated heterocycles. The molecule has 1 amide bonds. The van der Waals surface area contributed by atoms with E-state index in [9.17, 15) is 4.79 Å². The standard InChI is InChI=1S/C23H30N2OS/c1-19(2)22(18-27-21-11-7-4-8-12-21)25-16-15-24(14-13-23(25)26)17-20-9-5-3-6-10-20/h3-12,19,22H,13-18H2,1-2H3/t22-/m1/s1. The highest BCUT2D eigenvalue weighted by Crippen LogP contribution is 2.25. The fourth-order valence-corrected chi connectivity index (χ4v) is 4.85. The number of amides is 1. The minimum absolute atomic E-state index is 0.277. The van der Waals surface area contributed by atoms with E-state index < -0.39 is 0 Å². The molecule has 144 valence electrons. The zero-order valence-electron chi connectivity index (χ0n) is 16.4. The van der Waals surface area contributed by atoms with Crippen LogP contribution >= 0.6 is 11.8 Å². The number of thioether (sulfide) groups is 1. The summed E-state index contributed by atoms with van der Waals surface area (Å²) in [6.07, 6.45) is 0.617. The molecule has 2 aromatic rings. The topological polar surface area (TPSA) is 23.6 Å². The van der Waals surface area contributed by atoms with Gasteiger partial charge in [-0.3, -0.25) is 9.69 Å². The average molecular weight is 383 g/mol. The lowest BCUT2D eigenvalue weighted by Gasteiger charge is -2.33. The van der Waals surface area contributed by atoms with E-state index in [0.717, 1.165) is 31.9 Å². The molecule has 0 N–H and O–H groups in total. The van der Waals surface area contributed by atoms with Gasteiger partial charge in [0, 0.05) is 49.3 Å². The summed E-state index contributed by atoms with van der Waals surface area (Å²) in [5.74, 6) is 1.70. The van der Waals surface area contributed by atoms with Gasteiger partial charge in [0.05, 0.1) is 0 Å². The van der Waals surface area contributed by atoms with Crippen molar-refractivity contribution in [2.75, 3.05) is 25.4 Å². The zero-order valence-corrected chi connectivity index (χ0v) is 17.2. The Labute approximate surface area is 167 Å². The minimum Gasteiger partial charge on any atom is -0.337 e. The van der Waals surface area contributed by atoms with Gasteiger partial charge in [0.2, 0.25) is 5.91 Å². The molecule has 1 atom stereocenters. The van der Waals surface area contributed by atoms with E-state index in [2.05, 4.69) is 78.2 Å². The van der Waals surface area contributed by atoms with Crippen molar-refractivity contribution in [2.45, 2.75) is 37.8 Å². The monoisotopic (exact) mass is 382 g/mol. The van der Waals surface area contributed by atoms with Crippen molar-refractivity contribution in [2.24, 2.45) is 5.92 Å². The molecule has 1 fully saturated rings. The van der Waals surface area contributed by atoms with E-state index in [4.69, 9.17) is 0 Å². The van der Waals surface area contributed by atoms with Crippen LogP contribution in [0.15, 0.2) is 65.6 Å². The molecule has 0 aromatic heterocycles. The molecule has 27 heavy (non-hydrogen) atoms. The molecule has 0 aliphatic carbocycles. The number of carbonyl (C=O) groups excluding carboxylic acids is 1. The summed E-state index contributed by atoms with van der Waals surface area (Å²) >= 11 is 1.86. The first-order valence-electron chi connectivity index (χ1n) is 9.87. The first-order chi connectivity index (χ1) is 13.1. The van der Waals surface area contributed by atoms with Crippen molar-refractivity contribution in [3.63, 3.8) is 0 Å². The molecular formula is C23H30N2OS. The van der Waals surface area contributed by atoms with Crippen LogP contribution in [0.3, 0.4) is 0 Å². The van der Waals surface area contributed by atoms with Crippen molar-refractivity contribution in [3.8, 4) is 0 Å². The Balaban J connectivity index is 1.61. The highest BCUT2D eigenvalue weighted by molar-refractivity contribution is 7.99. The second kappa shape index (κ2) is 9.95. The van der Waals surface area contributed by atoms with Crippen LogP contribution in [-0.4, -0.2) is 47.1 Å². The summed E-state index contributed by atoms with van der Waals surface area (Å²) in [4.78, 5) is 18.7. The Morgan fingerprint density at radius 1 is 0.926 bits per heavy atom. The summed E-state index contributed by atoms with van der Waals surface area (Å²) in [7, 11) is 0. The van der Waals surface area contributed by atoms with E-state index in [0.29, 0.717) is 18.2 Å². The maximum Gasteiger partial charge on any atom is 0.224 e. The van der Waals surface area contributed by atoms with Gasteiger partial charge in [-0.2, -0.15) is 0 Å². The van der Waals surface area contributed by atoms with Crippen LogP contribution in [0, 0.1) is 5.92 Å². The molecule has 0 saturated carbocycles. The molecule has 2 aromatic carbocycles. The maximum absolute atomic E-state index is 12.9. The van der Waals surface area contributed by atoms with Gasteiger partial charge in [-0.25, -0.2) is 0 Å². The highest BCUT2D eigenvalue weighted by Gasteiger charge is 2.29. The molecule has 1 heterocycles. The number of nitrogens with zero attached hydrogens (tertiary/aromatic N) is 2. The first-order valence-corrected chi connectivity index (χ1v) is 10.9. The number of benzene rings is 2. The molecule has 0 bridgehead atoms. The van der Waals surface area contributed by atoms with Gasteiger partial charge in [-0.1, -0.05) is 62.4 Å². The molecule has 3 nitrogen and oxygen atoms in total. The summed E-state index contributed by atoms with van der Waals surface area (Å²) in [6.45, 7) is 8.00. The number of hydrogen-bond acceptors (Lipinski definition) is 3. The Hall–Kier alpha value is -1.78. The molecule has 1 aliphatic heterocycles. The van der Waals surface area contributed by atoms with Gasteiger partial charge in [-0.15, -0.1) is 11.8 Å². The lowest BCUT2D eigenvalue weighted by Crippen LogP contribution is -2.45. The van der Waals surface area contributed by atoms with Gasteiger partial charge >= 0.3 is 0 Å². The summed E-state index contributed by atoms with van der Waals surface area (Å²) < 4.78 is 0. The quantitative estimate of drug-likeness (QED) is 0.657. The molecule has 1 aliphatic rings. The van der Waals surface area contributed by atoms with Crippen LogP contribution in [0.1, 0.15) is 25.8 Å². The largest absolute Gasteiger partial charge is 0.337 e. The fourth-order valence-electron chi connectivity index (χ4n) is 3.57. The molecule has 0 radical (unpaired) electrons. The Morgan fingerprint density at radius 3 is 2.26 bits per heavy atom. The van der Waals surface area contributed by atoms with Crippen molar-refractivity contribution < 1.29 is 4.79 Å². The van der Waals surface area contributed by atoms with E-state index >= 15 is 0 Å². The lowest BCUT2D eigenvalue weighted by molar-refractivity contribution is -0.133. The van der Waals surface area contributed by atoms with E-state index in [1.165, 1.54) is 10.5 Å². The minimum atomic E-state index is 0.277. The van der Waals surface area contributed by atoms with Gasteiger partial charge < -0.3 is 4.90 Å². The summed E-state index contributed by atoms with van der Waals surface area (Å²) in [5.41, 5.74) is 1.32. The predicted octanol–water partition coefficient (Wildman–Crippen LogP) is 4.54. The predicted molar refractivity (Wildman–Crippen MR) is 114 cm³/mol. The fraction of sp³-hybridized carbons (Fsp3) is 0.435. The second-order valence-electron chi connectivity index (χ2n) is 7.53. The maximum atomic E-state index is 12.9. The smallest absolute Gasteiger partial charge is 0.224 e. The Bertz CT molecular complexity index is 705. The third-order valence-electron chi connectivity index (χ3n) is 5.20. The third-order valence-corrected chi connectivity index (χ3v) is 6.32. The van der Waals surface area contributed by atoms with Gasteiger partial charge in [0.25, 0.3) is 0 Å². The molecule has 0 spiro atoms. The Kier molecular flexibility index (Phi) is 7.36. The number of hydrogen-bond donors (Lipinski definition) is 0. The molecule has 3 rings (SSSR count). The van der Waals surface area contributed by atoms with Crippen LogP contribution in [0.5, 0.6) is 0 Å². The normalized spacial score (nSPS) is 17.1. The summed E-state index contributed by atoms with van der Waals surface area (Å²) in [5, 5.41) is 0. The summed E-state index contributed by atoms with van der Waals surface area (Å²) in [6, 6.07) is 21.3. The van der Waals surface area contributed by atoms with Crippen LogP contribution in [0.4, 0.5) is 0 Å². The third kappa shape index (κ3) is 5.85. The first kappa shape index (κ1) is 20.0. The van der Waals surface area contributed by atoms with Crippen molar-refractivity contribution in [1.29, 1.82) is 0 Å². The van der Waals surface area contributed by atoms with E-state index in [1.54, 1.807) is 0 Å². The lowest BCUT2D eigenvalue weighted by atomic mass is 10.0. The average Bonchev–Trinajstić information content (AvgIpc) is 2.86. The van der Waals surface area contributed by atoms with E-state index in [1.807, 2.05) is 17.8 Å². The molecule has 0 unspecified atom stereocenters. The van der Waals surface area contributed by atoms with Crippen LogP contribution in [0.2, 0.25) is 0 Å². The van der Waals surface area contributed by atoms with Gasteiger partial charge in [0.15, 0.2) is 0 Å². The van der Waals surface area contributed by atoms with Gasteiger partial charge in [0.1, 0.15) is 0 Å². The van der Waals surface area contributed by atoms with Crippen LogP contribution < -0.4 is 0 Å². The Morgan fingerprint density at radius 2 is 1.59 bits per heavy atom. The molecule has 4 heteroatoms. The van der Waals surface area contributed by atoms with Crippen molar-refractivity contribution in [3.05, 3.63) is 66.2 Å². The SMILES string of the molecule is CC(C)[C@@H](CSc1ccccc1)N1CCN(Cc2ccccc2)CCC1=O. The second-order valence-corrected chi connectivity index (χ2v) is 8.63.